The summed E-state index contributed by atoms with van der Waals surface area (Å²) in [6.45, 7) is 3.26. The highest BCUT2D eigenvalue weighted by Gasteiger charge is 2.23. The van der Waals surface area contributed by atoms with E-state index in [-0.39, 0.29) is 18.5 Å². The molecule has 0 saturated carbocycles. The summed E-state index contributed by atoms with van der Waals surface area (Å²) >= 11 is 6.85. The van der Waals surface area contributed by atoms with Crippen LogP contribution in [0.3, 0.4) is 0 Å². The monoisotopic (exact) mass is 565 g/mol. The number of carbonyl (C=O) groups excluding carboxylic acids is 2. The molecule has 0 aliphatic carbocycles. The van der Waals surface area contributed by atoms with Crippen molar-refractivity contribution in [2.75, 3.05) is 32.7 Å². The van der Waals surface area contributed by atoms with Gasteiger partial charge in [-0.2, -0.15) is 0 Å². The van der Waals surface area contributed by atoms with Crippen LogP contribution in [-0.4, -0.2) is 59.4 Å². The second kappa shape index (κ2) is 10.0. The average Bonchev–Trinajstić information content (AvgIpc) is 3.14. The normalized spacial score (nSPS) is 14.6. The smallest absolute Gasteiger partial charge is 0.417 e. The third-order valence-electron chi connectivity index (χ3n) is 5.31. The quantitative estimate of drug-likeness (QED) is 0.450. The molecule has 168 valence electrons. The number of ether oxygens (including phenoxy) is 1. The molecule has 2 heterocycles. The third kappa shape index (κ3) is 5.67. The Balaban J connectivity index is 1.22. The molecule has 0 atom stereocenters. The molecule has 0 unspecified atom stereocenters. The number of benzene rings is 2. The zero-order valence-corrected chi connectivity index (χ0v) is 20.3. The van der Waals surface area contributed by atoms with Crippen molar-refractivity contribution in [2.24, 2.45) is 0 Å². The lowest BCUT2D eigenvalue weighted by atomic mass is 10.1. The highest BCUT2D eigenvalue weighted by Crippen LogP contribution is 2.21. The highest BCUT2D eigenvalue weighted by molar-refractivity contribution is 9.11. The first kappa shape index (κ1) is 22.8. The summed E-state index contributed by atoms with van der Waals surface area (Å²) < 4.78 is 12.3. The van der Waals surface area contributed by atoms with Gasteiger partial charge >= 0.3 is 11.8 Å². The lowest BCUT2D eigenvalue weighted by Crippen LogP contribution is -2.49. The molecule has 4 rings (SSSR count). The van der Waals surface area contributed by atoms with Crippen molar-refractivity contribution in [1.82, 2.24) is 14.8 Å². The average molecular weight is 567 g/mol. The van der Waals surface area contributed by atoms with E-state index in [2.05, 4.69) is 41.7 Å². The minimum atomic E-state index is -0.537. The second-order valence-electron chi connectivity index (χ2n) is 7.56. The number of carbonyl (C=O) groups is 2. The number of amides is 1. The number of ketones is 1. The number of aromatic amines is 1. The fourth-order valence-electron chi connectivity index (χ4n) is 3.61. The number of halogens is 2. The Morgan fingerprint density at radius 3 is 2.47 bits per heavy atom. The van der Waals surface area contributed by atoms with Gasteiger partial charge in [-0.05, 0) is 42.0 Å². The number of nitrogens with zero attached hydrogens (tertiary/aromatic N) is 2. The number of hydrogen-bond donors (Lipinski definition) is 1. The van der Waals surface area contributed by atoms with E-state index in [1.807, 2.05) is 18.2 Å². The first-order valence-corrected chi connectivity index (χ1v) is 11.7. The minimum absolute atomic E-state index is 0.0160. The van der Waals surface area contributed by atoms with Crippen LogP contribution in [0.4, 0.5) is 4.79 Å². The maximum atomic E-state index is 12.5. The molecule has 1 amide bonds. The van der Waals surface area contributed by atoms with Crippen molar-refractivity contribution in [3.63, 3.8) is 0 Å². The molecule has 0 bridgehead atoms. The van der Waals surface area contributed by atoms with E-state index in [0.29, 0.717) is 55.8 Å². The Labute approximate surface area is 200 Å². The zero-order valence-electron chi connectivity index (χ0n) is 17.1. The van der Waals surface area contributed by atoms with Crippen molar-refractivity contribution >= 4 is 54.8 Å². The van der Waals surface area contributed by atoms with Gasteiger partial charge in [-0.1, -0.05) is 31.9 Å². The largest absolute Gasteiger partial charge is 0.445 e. The van der Waals surface area contributed by atoms with Crippen LogP contribution in [0.2, 0.25) is 0 Å². The van der Waals surface area contributed by atoms with E-state index < -0.39 is 5.76 Å². The Hall–Kier alpha value is -2.43. The molecule has 1 aliphatic heterocycles. The lowest BCUT2D eigenvalue weighted by Gasteiger charge is -2.33. The Morgan fingerprint density at radius 1 is 1.03 bits per heavy atom. The molecule has 1 fully saturated rings. The van der Waals surface area contributed by atoms with Crippen LogP contribution in [0.5, 0.6) is 0 Å². The molecule has 1 aliphatic rings. The first-order valence-electron chi connectivity index (χ1n) is 10.1. The van der Waals surface area contributed by atoms with Crippen molar-refractivity contribution < 1.29 is 18.7 Å². The molecule has 0 radical (unpaired) electrons. The second-order valence-corrected chi connectivity index (χ2v) is 9.39. The molecule has 1 N–H and O–H groups in total. The summed E-state index contributed by atoms with van der Waals surface area (Å²) in [6.07, 6.45) is 0.0145. The van der Waals surface area contributed by atoms with Crippen molar-refractivity contribution in [2.45, 2.75) is 13.0 Å². The number of H-pyrrole nitrogens is 1. The van der Waals surface area contributed by atoms with E-state index in [1.165, 1.54) is 0 Å². The number of Topliss-reactive ketones (excluding diaryl/α,β-unsaturated/α-hetero) is 1. The van der Waals surface area contributed by atoms with E-state index >= 15 is 0 Å². The van der Waals surface area contributed by atoms with E-state index in [0.717, 1.165) is 14.5 Å². The van der Waals surface area contributed by atoms with Gasteiger partial charge in [-0.3, -0.25) is 14.7 Å². The fraction of sp³-hybridized carbons (Fsp3) is 0.318. The number of nitrogens with one attached hydrogen (secondary N) is 1. The molecule has 1 saturated heterocycles. The van der Waals surface area contributed by atoms with Gasteiger partial charge in [0.1, 0.15) is 6.61 Å². The van der Waals surface area contributed by atoms with Gasteiger partial charge in [0.2, 0.25) is 0 Å². The Morgan fingerprint density at radius 2 is 1.75 bits per heavy atom. The van der Waals surface area contributed by atoms with Crippen LogP contribution in [-0.2, 0) is 11.3 Å². The maximum Gasteiger partial charge on any atom is 0.417 e. The molecule has 10 heteroatoms. The van der Waals surface area contributed by atoms with Crippen molar-refractivity contribution in [3.8, 4) is 0 Å². The summed E-state index contributed by atoms with van der Waals surface area (Å²) in [7, 11) is 0. The number of aromatic nitrogens is 1. The zero-order chi connectivity index (χ0) is 22.7. The van der Waals surface area contributed by atoms with Gasteiger partial charge in [0.15, 0.2) is 11.4 Å². The minimum Gasteiger partial charge on any atom is -0.445 e. The van der Waals surface area contributed by atoms with Gasteiger partial charge in [0, 0.05) is 53.7 Å². The third-order valence-corrected chi connectivity index (χ3v) is 6.23. The van der Waals surface area contributed by atoms with Crippen molar-refractivity contribution in [1.29, 1.82) is 0 Å². The van der Waals surface area contributed by atoms with Crippen LogP contribution in [0.15, 0.2) is 54.6 Å². The molecular weight excluding hydrogens is 546 g/mol. The molecular formula is C22H21Br2N3O5. The number of hydrogen-bond acceptors (Lipinski definition) is 6. The van der Waals surface area contributed by atoms with Crippen LogP contribution < -0.4 is 5.76 Å². The van der Waals surface area contributed by atoms with Crippen LogP contribution in [0.25, 0.3) is 11.1 Å². The van der Waals surface area contributed by atoms with Gasteiger partial charge in [0.05, 0.1) is 5.52 Å². The molecule has 2 aromatic carbocycles. The van der Waals surface area contributed by atoms with E-state index in [4.69, 9.17) is 9.15 Å². The molecule has 1 aromatic heterocycles. The number of rotatable bonds is 6. The van der Waals surface area contributed by atoms with E-state index in [9.17, 15) is 14.4 Å². The Kier molecular flexibility index (Phi) is 7.12. The summed E-state index contributed by atoms with van der Waals surface area (Å²) in [6, 6.07) is 10.7. The fourth-order valence-corrected chi connectivity index (χ4v) is 5.00. The van der Waals surface area contributed by atoms with Gasteiger partial charge in [0.25, 0.3) is 0 Å². The summed E-state index contributed by atoms with van der Waals surface area (Å²) in [5.74, 6) is -0.553. The number of fused-ring (bicyclic) bond motifs is 1. The SMILES string of the molecule is O=C(CCN1CCN(C(=O)OCc2cc(Br)cc(Br)c2)CC1)c1ccc2[nH]c(=O)oc2c1. The molecule has 8 nitrogen and oxygen atoms in total. The van der Waals surface area contributed by atoms with E-state index in [1.54, 1.807) is 23.1 Å². The summed E-state index contributed by atoms with van der Waals surface area (Å²) in [5.41, 5.74) is 2.36. The lowest BCUT2D eigenvalue weighted by molar-refractivity contribution is 0.0696. The summed E-state index contributed by atoms with van der Waals surface area (Å²) in [4.78, 5) is 42.6. The molecule has 3 aromatic rings. The maximum absolute atomic E-state index is 12.5. The van der Waals surface area contributed by atoms with Crippen LogP contribution in [0, 0.1) is 0 Å². The number of piperazine rings is 1. The van der Waals surface area contributed by atoms with Gasteiger partial charge in [-0.15, -0.1) is 0 Å². The first-order chi connectivity index (χ1) is 15.4. The van der Waals surface area contributed by atoms with Crippen LogP contribution in [0.1, 0.15) is 22.3 Å². The topological polar surface area (TPSA) is 95.9 Å². The van der Waals surface area contributed by atoms with Gasteiger partial charge in [-0.25, -0.2) is 9.59 Å². The highest BCUT2D eigenvalue weighted by atomic mass is 79.9. The van der Waals surface area contributed by atoms with Crippen molar-refractivity contribution in [3.05, 3.63) is 67.0 Å². The standard InChI is InChI=1S/C22H21Br2N3O5/c23-16-9-14(10-17(24)12-16)13-31-22(30)27-7-5-26(6-8-27)4-3-19(28)15-1-2-18-20(11-15)32-21(29)25-18/h1-2,9-12H,3-8,13H2,(H,25,29). The molecule has 32 heavy (non-hydrogen) atoms. The summed E-state index contributed by atoms with van der Waals surface area (Å²) in [5, 5.41) is 0. The number of oxazole rings is 1. The molecule has 0 spiro atoms. The predicted molar refractivity (Wildman–Crippen MR) is 126 cm³/mol. The Bertz CT molecular complexity index is 1180. The predicted octanol–water partition coefficient (Wildman–Crippen LogP) is 4.17. The van der Waals surface area contributed by atoms with Crippen LogP contribution >= 0.6 is 31.9 Å². The van der Waals surface area contributed by atoms with Gasteiger partial charge < -0.3 is 14.1 Å².